The number of likely N-dealkylation sites (N-methyl/N-ethyl adjacent to an activating group) is 1. The maximum atomic E-state index is 9.11. The van der Waals surface area contributed by atoms with Crippen LogP contribution in [0.5, 0.6) is 5.88 Å². The summed E-state index contributed by atoms with van der Waals surface area (Å²) in [4.78, 5) is 4.10. The van der Waals surface area contributed by atoms with Gasteiger partial charge in [-0.25, -0.2) is 4.98 Å². The SMILES string of the molecule is CNC(CO)c1cnc(OC)cc1C. The van der Waals surface area contributed by atoms with Crippen LogP contribution in [0.15, 0.2) is 12.3 Å². The lowest BCUT2D eigenvalue weighted by atomic mass is 10.1. The first-order chi connectivity index (χ1) is 6.72. The molecular formula is C10H16N2O2. The first-order valence-corrected chi connectivity index (χ1v) is 4.51. The van der Waals surface area contributed by atoms with E-state index in [4.69, 9.17) is 9.84 Å². The molecule has 1 aromatic rings. The van der Waals surface area contributed by atoms with Gasteiger partial charge in [-0.05, 0) is 25.1 Å². The lowest BCUT2D eigenvalue weighted by molar-refractivity contribution is 0.250. The monoisotopic (exact) mass is 196 g/mol. The highest BCUT2D eigenvalue weighted by atomic mass is 16.5. The topological polar surface area (TPSA) is 54.4 Å². The summed E-state index contributed by atoms with van der Waals surface area (Å²) in [6.07, 6.45) is 1.73. The fourth-order valence-corrected chi connectivity index (χ4v) is 1.36. The van der Waals surface area contributed by atoms with Gasteiger partial charge in [-0.3, -0.25) is 0 Å². The van der Waals surface area contributed by atoms with E-state index in [1.807, 2.05) is 20.0 Å². The van der Waals surface area contributed by atoms with E-state index < -0.39 is 0 Å². The summed E-state index contributed by atoms with van der Waals surface area (Å²) in [5, 5.41) is 12.1. The number of methoxy groups -OCH3 is 1. The van der Waals surface area contributed by atoms with Crippen molar-refractivity contribution in [3.8, 4) is 5.88 Å². The molecule has 1 rings (SSSR count). The second-order valence-corrected chi connectivity index (χ2v) is 3.11. The second-order valence-electron chi connectivity index (χ2n) is 3.11. The van der Waals surface area contributed by atoms with Gasteiger partial charge in [0.25, 0.3) is 0 Å². The highest BCUT2D eigenvalue weighted by Crippen LogP contribution is 2.19. The molecule has 1 heterocycles. The number of aliphatic hydroxyl groups excluding tert-OH is 1. The molecule has 0 aliphatic rings. The quantitative estimate of drug-likeness (QED) is 0.742. The Morgan fingerprint density at radius 2 is 2.36 bits per heavy atom. The van der Waals surface area contributed by atoms with Crippen molar-refractivity contribution in [2.75, 3.05) is 20.8 Å². The number of rotatable bonds is 4. The number of hydrogen-bond donors (Lipinski definition) is 2. The smallest absolute Gasteiger partial charge is 0.213 e. The van der Waals surface area contributed by atoms with Gasteiger partial charge in [0.05, 0.1) is 19.8 Å². The third kappa shape index (κ3) is 2.21. The molecule has 0 bridgehead atoms. The number of aryl methyl sites for hydroxylation is 1. The van der Waals surface area contributed by atoms with E-state index in [1.165, 1.54) is 0 Å². The van der Waals surface area contributed by atoms with Crippen LogP contribution >= 0.6 is 0 Å². The summed E-state index contributed by atoms with van der Waals surface area (Å²) < 4.78 is 5.00. The van der Waals surface area contributed by atoms with Crippen LogP contribution in [-0.4, -0.2) is 30.9 Å². The van der Waals surface area contributed by atoms with Crippen molar-refractivity contribution in [1.82, 2.24) is 10.3 Å². The van der Waals surface area contributed by atoms with Gasteiger partial charge in [-0.15, -0.1) is 0 Å². The van der Waals surface area contributed by atoms with E-state index in [-0.39, 0.29) is 12.6 Å². The van der Waals surface area contributed by atoms with Crippen molar-refractivity contribution in [1.29, 1.82) is 0 Å². The molecule has 78 valence electrons. The lowest BCUT2D eigenvalue weighted by Gasteiger charge is -2.15. The highest BCUT2D eigenvalue weighted by Gasteiger charge is 2.11. The predicted molar refractivity (Wildman–Crippen MR) is 54.4 cm³/mol. The number of nitrogens with zero attached hydrogens (tertiary/aromatic N) is 1. The van der Waals surface area contributed by atoms with Crippen molar-refractivity contribution < 1.29 is 9.84 Å². The minimum atomic E-state index is -0.0617. The van der Waals surface area contributed by atoms with Crippen molar-refractivity contribution >= 4 is 0 Å². The summed E-state index contributed by atoms with van der Waals surface area (Å²) >= 11 is 0. The van der Waals surface area contributed by atoms with Crippen molar-refractivity contribution in [2.24, 2.45) is 0 Å². The van der Waals surface area contributed by atoms with Crippen LogP contribution in [0, 0.1) is 6.92 Å². The Hall–Kier alpha value is -1.13. The van der Waals surface area contributed by atoms with E-state index in [0.29, 0.717) is 5.88 Å². The average molecular weight is 196 g/mol. The first-order valence-electron chi connectivity index (χ1n) is 4.51. The minimum absolute atomic E-state index is 0.0609. The number of aromatic nitrogens is 1. The van der Waals surface area contributed by atoms with Crippen LogP contribution in [0.25, 0.3) is 0 Å². The molecule has 4 heteroatoms. The first kappa shape index (κ1) is 10.9. The maximum absolute atomic E-state index is 9.11. The zero-order valence-corrected chi connectivity index (χ0v) is 8.74. The molecule has 0 aliphatic heterocycles. The van der Waals surface area contributed by atoms with Crippen molar-refractivity contribution in [2.45, 2.75) is 13.0 Å². The average Bonchev–Trinajstić information content (AvgIpc) is 2.22. The Morgan fingerprint density at radius 1 is 1.64 bits per heavy atom. The standard InChI is InChI=1S/C10H16N2O2/c1-7-4-10(14-3)12-5-8(7)9(6-13)11-2/h4-5,9,11,13H,6H2,1-3H3. The van der Waals surface area contributed by atoms with E-state index in [9.17, 15) is 0 Å². The molecule has 0 spiro atoms. The summed E-state index contributed by atoms with van der Waals surface area (Å²) in [7, 11) is 3.40. The van der Waals surface area contributed by atoms with Crippen LogP contribution in [0.1, 0.15) is 17.2 Å². The molecule has 0 aliphatic carbocycles. The van der Waals surface area contributed by atoms with Crippen molar-refractivity contribution in [3.63, 3.8) is 0 Å². The van der Waals surface area contributed by atoms with E-state index in [1.54, 1.807) is 13.3 Å². The van der Waals surface area contributed by atoms with E-state index in [2.05, 4.69) is 10.3 Å². The molecule has 0 fully saturated rings. The summed E-state index contributed by atoms with van der Waals surface area (Å²) in [5.41, 5.74) is 2.06. The predicted octanol–water partition coefficient (Wildman–Crippen LogP) is 0.651. The van der Waals surface area contributed by atoms with Crippen LogP contribution in [0.4, 0.5) is 0 Å². The largest absolute Gasteiger partial charge is 0.481 e. The molecule has 0 amide bonds. The molecule has 0 saturated carbocycles. The second kappa shape index (κ2) is 4.93. The zero-order chi connectivity index (χ0) is 10.6. The third-order valence-corrected chi connectivity index (χ3v) is 2.24. The molecule has 1 atom stereocenters. The van der Waals surface area contributed by atoms with Gasteiger partial charge in [0, 0.05) is 12.3 Å². The van der Waals surface area contributed by atoms with Gasteiger partial charge in [-0.1, -0.05) is 0 Å². The van der Waals surface area contributed by atoms with Crippen LogP contribution in [0.3, 0.4) is 0 Å². The Bertz CT molecular complexity index is 298. The van der Waals surface area contributed by atoms with Gasteiger partial charge >= 0.3 is 0 Å². The Balaban J connectivity index is 2.98. The summed E-state index contributed by atoms with van der Waals surface area (Å²) in [6.45, 7) is 2.03. The van der Waals surface area contributed by atoms with Gasteiger partial charge in [0.1, 0.15) is 0 Å². The third-order valence-electron chi connectivity index (χ3n) is 2.24. The minimum Gasteiger partial charge on any atom is -0.481 e. The normalized spacial score (nSPS) is 12.6. The molecule has 2 N–H and O–H groups in total. The summed E-state index contributed by atoms with van der Waals surface area (Å²) in [6, 6.07) is 1.79. The number of aliphatic hydroxyl groups is 1. The molecule has 0 saturated heterocycles. The molecule has 14 heavy (non-hydrogen) atoms. The number of hydrogen-bond acceptors (Lipinski definition) is 4. The zero-order valence-electron chi connectivity index (χ0n) is 8.74. The van der Waals surface area contributed by atoms with Gasteiger partial charge in [0.15, 0.2) is 0 Å². The Labute approximate surface area is 83.9 Å². The van der Waals surface area contributed by atoms with E-state index >= 15 is 0 Å². The van der Waals surface area contributed by atoms with Crippen LogP contribution in [0.2, 0.25) is 0 Å². The van der Waals surface area contributed by atoms with E-state index in [0.717, 1.165) is 11.1 Å². The number of nitrogens with one attached hydrogen (secondary N) is 1. The van der Waals surface area contributed by atoms with Gasteiger partial charge < -0.3 is 15.2 Å². The molecule has 4 nitrogen and oxygen atoms in total. The highest BCUT2D eigenvalue weighted by molar-refractivity contribution is 5.30. The van der Waals surface area contributed by atoms with Crippen molar-refractivity contribution in [3.05, 3.63) is 23.4 Å². The Morgan fingerprint density at radius 3 is 2.79 bits per heavy atom. The molecular weight excluding hydrogens is 180 g/mol. The van der Waals surface area contributed by atoms with Gasteiger partial charge in [-0.2, -0.15) is 0 Å². The molecule has 1 aromatic heterocycles. The number of ether oxygens (including phenoxy) is 1. The fraction of sp³-hybridized carbons (Fsp3) is 0.500. The summed E-state index contributed by atoms with van der Waals surface area (Å²) in [5.74, 6) is 0.596. The van der Waals surface area contributed by atoms with Gasteiger partial charge in [0.2, 0.25) is 5.88 Å². The molecule has 1 unspecified atom stereocenters. The number of pyridine rings is 1. The maximum Gasteiger partial charge on any atom is 0.213 e. The molecule has 0 aromatic carbocycles. The van der Waals surface area contributed by atoms with Crippen LogP contribution in [-0.2, 0) is 0 Å². The Kier molecular flexibility index (Phi) is 3.85. The van der Waals surface area contributed by atoms with Crippen LogP contribution < -0.4 is 10.1 Å². The lowest BCUT2D eigenvalue weighted by Crippen LogP contribution is -2.21. The fourth-order valence-electron chi connectivity index (χ4n) is 1.36. The molecule has 0 radical (unpaired) electrons.